The number of carbonyl (C=O) groups excluding carboxylic acids is 3. The molecular formula is C22H21ClO5. The van der Waals surface area contributed by atoms with E-state index in [1.165, 1.54) is 6.92 Å². The van der Waals surface area contributed by atoms with E-state index in [0.29, 0.717) is 11.1 Å². The van der Waals surface area contributed by atoms with E-state index in [2.05, 4.69) is 6.58 Å². The van der Waals surface area contributed by atoms with Gasteiger partial charge in [-0.15, -0.1) is 0 Å². The summed E-state index contributed by atoms with van der Waals surface area (Å²) >= 11 is 6.74. The fourth-order valence-electron chi connectivity index (χ4n) is 2.49. The quantitative estimate of drug-likeness (QED) is 0.302. The minimum absolute atomic E-state index is 0.136. The summed E-state index contributed by atoms with van der Waals surface area (Å²) in [5.41, 5.74) is 1.04. The molecule has 0 saturated carbocycles. The largest absolute Gasteiger partial charge is 0.447 e. The van der Waals surface area contributed by atoms with Crippen LogP contribution in [-0.2, 0) is 28.7 Å². The molecule has 2 rings (SSSR count). The molecule has 0 heterocycles. The fourth-order valence-corrected chi connectivity index (χ4v) is 2.78. The van der Waals surface area contributed by atoms with Gasteiger partial charge in [0.1, 0.15) is 0 Å². The van der Waals surface area contributed by atoms with Gasteiger partial charge in [0.25, 0.3) is 0 Å². The predicted octanol–water partition coefficient (Wildman–Crippen LogP) is 4.14. The monoisotopic (exact) mass is 400 g/mol. The van der Waals surface area contributed by atoms with Gasteiger partial charge in [0.05, 0.1) is 0 Å². The van der Waals surface area contributed by atoms with Crippen LogP contribution >= 0.6 is 11.6 Å². The fraction of sp³-hybridized carbons (Fsp3) is 0.227. The van der Waals surface area contributed by atoms with Gasteiger partial charge in [-0.3, -0.25) is 0 Å². The Morgan fingerprint density at radius 1 is 1.00 bits per heavy atom. The van der Waals surface area contributed by atoms with Crippen LogP contribution in [0.2, 0.25) is 0 Å². The average Bonchev–Trinajstić information content (AvgIpc) is 2.72. The topological polar surface area (TPSA) is 69.7 Å². The van der Waals surface area contributed by atoms with Crippen molar-refractivity contribution in [3.05, 3.63) is 83.9 Å². The maximum Gasteiger partial charge on any atom is 0.355 e. The highest BCUT2D eigenvalue weighted by atomic mass is 35.5. The first-order valence-corrected chi connectivity index (χ1v) is 9.11. The van der Waals surface area contributed by atoms with Gasteiger partial charge in [-0.05, 0) is 24.5 Å². The van der Waals surface area contributed by atoms with Gasteiger partial charge in [0.15, 0.2) is 11.0 Å². The van der Waals surface area contributed by atoms with Crippen LogP contribution in [-0.4, -0.2) is 24.0 Å². The van der Waals surface area contributed by atoms with Crippen molar-refractivity contribution in [2.45, 2.75) is 31.2 Å². The zero-order valence-corrected chi connectivity index (χ0v) is 16.4. The van der Waals surface area contributed by atoms with Crippen molar-refractivity contribution in [3.63, 3.8) is 0 Å². The number of hydrogen-bond donors (Lipinski definition) is 0. The molecule has 0 aliphatic carbocycles. The van der Waals surface area contributed by atoms with Gasteiger partial charge in [-0.25, -0.2) is 14.4 Å². The minimum atomic E-state index is -1.73. The summed E-state index contributed by atoms with van der Waals surface area (Å²) in [4.78, 5) is 35.4. The standard InChI is InChI=1S/C22H21ClO5/c1-4-18(27-19(24)15(2)3)20(25)28-21(26)22(23,16-11-7-5-8-12-16)17-13-9-6-10-14-17/h5-14,18H,2,4H2,1,3H3. The maximum absolute atomic E-state index is 13.0. The second-order valence-corrected chi connectivity index (χ2v) is 6.75. The normalized spacial score (nSPS) is 12.0. The van der Waals surface area contributed by atoms with Crippen molar-refractivity contribution < 1.29 is 23.9 Å². The molecular weight excluding hydrogens is 380 g/mol. The average molecular weight is 401 g/mol. The lowest BCUT2D eigenvalue weighted by molar-refractivity contribution is -0.173. The van der Waals surface area contributed by atoms with E-state index in [0.717, 1.165) is 0 Å². The Labute approximate surface area is 168 Å². The van der Waals surface area contributed by atoms with Crippen LogP contribution in [0.4, 0.5) is 0 Å². The third-order valence-electron chi connectivity index (χ3n) is 4.05. The van der Waals surface area contributed by atoms with Crippen LogP contribution in [0.25, 0.3) is 0 Å². The van der Waals surface area contributed by atoms with Gasteiger partial charge < -0.3 is 9.47 Å². The van der Waals surface area contributed by atoms with E-state index in [9.17, 15) is 14.4 Å². The Morgan fingerprint density at radius 3 is 1.86 bits per heavy atom. The highest BCUT2D eigenvalue weighted by molar-refractivity contribution is 6.36. The van der Waals surface area contributed by atoms with Gasteiger partial charge in [0, 0.05) is 5.57 Å². The molecule has 6 heteroatoms. The Balaban J connectivity index is 2.32. The SMILES string of the molecule is C=C(C)C(=O)OC(CC)C(=O)OC(=O)C(Cl)(c1ccccc1)c1ccccc1. The van der Waals surface area contributed by atoms with E-state index in [1.54, 1.807) is 67.6 Å². The van der Waals surface area contributed by atoms with Crippen molar-refractivity contribution in [2.24, 2.45) is 0 Å². The molecule has 0 radical (unpaired) electrons. The Morgan fingerprint density at radius 2 is 1.46 bits per heavy atom. The molecule has 0 bridgehead atoms. The number of rotatable bonds is 7. The van der Waals surface area contributed by atoms with Crippen molar-refractivity contribution in [2.75, 3.05) is 0 Å². The van der Waals surface area contributed by atoms with Crippen molar-refractivity contribution in [1.82, 2.24) is 0 Å². The lowest BCUT2D eigenvalue weighted by Crippen LogP contribution is -2.38. The van der Waals surface area contributed by atoms with Crippen LogP contribution in [0.3, 0.4) is 0 Å². The number of esters is 3. The molecule has 0 spiro atoms. The number of halogens is 1. The molecule has 0 aliphatic heterocycles. The van der Waals surface area contributed by atoms with Crippen LogP contribution < -0.4 is 0 Å². The first-order valence-electron chi connectivity index (χ1n) is 8.73. The minimum Gasteiger partial charge on any atom is -0.447 e. The third kappa shape index (κ3) is 4.67. The molecule has 0 aliphatic rings. The molecule has 28 heavy (non-hydrogen) atoms. The van der Waals surface area contributed by atoms with Crippen LogP contribution in [0, 0.1) is 0 Å². The van der Waals surface area contributed by atoms with E-state index >= 15 is 0 Å². The second-order valence-electron chi connectivity index (χ2n) is 6.18. The first-order chi connectivity index (χ1) is 13.3. The number of carbonyl (C=O) groups is 3. The lowest BCUT2D eigenvalue weighted by Gasteiger charge is -2.26. The first kappa shape index (κ1) is 21.4. The zero-order chi connectivity index (χ0) is 20.7. The van der Waals surface area contributed by atoms with Crippen LogP contribution in [0.5, 0.6) is 0 Å². The summed E-state index contributed by atoms with van der Waals surface area (Å²) in [5, 5.41) is 0. The van der Waals surface area contributed by atoms with Crippen molar-refractivity contribution in [3.8, 4) is 0 Å². The molecule has 0 fully saturated rings. The number of hydrogen-bond acceptors (Lipinski definition) is 5. The third-order valence-corrected chi connectivity index (χ3v) is 4.64. The number of alkyl halides is 1. The molecule has 0 aromatic heterocycles. The van der Waals surface area contributed by atoms with Gasteiger partial charge in [0.2, 0.25) is 0 Å². The van der Waals surface area contributed by atoms with E-state index in [-0.39, 0.29) is 12.0 Å². The highest BCUT2D eigenvalue weighted by Crippen LogP contribution is 2.38. The predicted molar refractivity (Wildman–Crippen MR) is 106 cm³/mol. The smallest absolute Gasteiger partial charge is 0.355 e. The Hall–Kier alpha value is -2.92. The zero-order valence-electron chi connectivity index (χ0n) is 15.7. The lowest BCUT2D eigenvalue weighted by atomic mass is 9.90. The molecule has 146 valence electrons. The van der Waals surface area contributed by atoms with Crippen LogP contribution in [0.15, 0.2) is 72.8 Å². The summed E-state index contributed by atoms with van der Waals surface area (Å²) in [6.07, 6.45) is -1.10. The number of benzene rings is 2. The van der Waals surface area contributed by atoms with Gasteiger partial charge in [-0.2, -0.15) is 0 Å². The van der Waals surface area contributed by atoms with E-state index in [1.807, 2.05) is 0 Å². The van der Waals surface area contributed by atoms with E-state index in [4.69, 9.17) is 21.1 Å². The van der Waals surface area contributed by atoms with Gasteiger partial charge >= 0.3 is 17.9 Å². The molecule has 0 saturated heterocycles. The maximum atomic E-state index is 13.0. The van der Waals surface area contributed by atoms with Crippen LogP contribution in [0.1, 0.15) is 31.4 Å². The summed E-state index contributed by atoms with van der Waals surface area (Å²) in [6, 6.07) is 17.2. The summed E-state index contributed by atoms with van der Waals surface area (Å²) in [7, 11) is 0. The molecule has 2 aromatic carbocycles. The van der Waals surface area contributed by atoms with Crippen molar-refractivity contribution in [1.29, 1.82) is 0 Å². The molecule has 5 nitrogen and oxygen atoms in total. The molecule has 0 amide bonds. The second kappa shape index (κ2) is 9.33. The highest BCUT2D eigenvalue weighted by Gasteiger charge is 2.43. The summed E-state index contributed by atoms with van der Waals surface area (Å²) in [5.74, 6) is -2.69. The summed E-state index contributed by atoms with van der Waals surface area (Å²) < 4.78 is 10.1. The Kier molecular flexibility index (Phi) is 7.12. The number of ether oxygens (including phenoxy) is 2. The van der Waals surface area contributed by atoms with E-state index < -0.39 is 28.9 Å². The Bertz CT molecular complexity index is 822. The summed E-state index contributed by atoms with van der Waals surface area (Å²) in [6.45, 7) is 6.55. The molecule has 1 unspecified atom stereocenters. The molecule has 2 aromatic rings. The van der Waals surface area contributed by atoms with Crippen molar-refractivity contribution >= 4 is 29.5 Å². The molecule has 1 atom stereocenters. The van der Waals surface area contributed by atoms with Gasteiger partial charge in [-0.1, -0.05) is 85.8 Å². The molecule has 0 N–H and O–H groups in total.